The molecule has 3 nitrogen and oxygen atoms in total. The average Bonchev–Trinajstić information content (AvgIpc) is 2.56. The van der Waals surface area contributed by atoms with E-state index in [1.807, 2.05) is 6.92 Å². The van der Waals surface area contributed by atoms with Crippen molar-refractivity contribution in [2.24, 2.45) is 5.92 Å². The Balaban J connectivity index is 2.42. The van der Waals surface area contributed by atoms with Crippen LogP contribution in [-0.4, -0.2) is 22.6 Å². The number of carbonyl (C=O) groups is 1. The number of hydrogen-bond donors (Lipinski definition) is 1. The van der Waals surface area contributed by atoms with Gasteiger partial charge in [-0.25, -0.2) is 4.79 Å². The molecule has 1 aromatic carbocycles. The largest absolute Gasteiger partial charge is 0.465 e. The van der Waals surface area contributed by atoms with Gasteiger partial charge in [0.05, 0.1) is 6.04 Å². The molecular formula is C14H19NO2. The van der Waals surface area contributed by atoms with Gasteiger partial charge in [-0.05, 0) is 37.3 Å². The third-order valence-electron chi connectivity index (χ3n) is 3.62. The molecule has 1 aliphatic rings. The minimum absolute atomic E-state index is 0.0207. The predicted molar refractivity (Wildman–Crippen MR) is 67.2 cm³/mol. The zero-order valence-electron chi connectivity index (χ0n) is 10.6. The lowest BCUT2D eigenvalue weighted by Crippen LogP contribution is -2.35. The summed E-state index contributed by atoms with van der Waals surface area (Å²) >= 11 is 0. The number of benzene rings is 1. The van der Waals surface area contributed by atoms with Crippen LogP contribution in [0.15, 0.2) is 18.2 Å². The Morgan fingerprint density at radius 1 is 1.53 bits per heavy atom. The fourth-order valence-corrected chi connectivity index (χ4v) is 2.87. The van der Waals surface area contributed by atoms with Gasteiger partial charge in [-0.15, -0.1) is 0 Å². The summed E-state index contributed by atoms with van der Waals surface area (Å²) in [6.07, 6.45) is 0.156. The maximum atomic E-state index is 11.3. The molecule has 0 bridgehead atoms. The molecule has 0 heterocycles. The minimum Gasteiger partial charge on any atom is -0.465 e. The molecule has 1 N–H and O–H groups in total. The van der Waals surface area contributed by atoms with Crippen molar-refractivity contribution < 1.29 is 9.90 Å². The van der Waals surface area contributed by atoms with Crippen LogP contribution in [0.5, 0.6) is 0 Å². The summed E-state index contributed by atoms with van der Waals surface area (Å²) < 4.78 is 0. The fourth-order valence-electron chi connectivity index (χ4n) is 2.87. The molecule has 0 aromatic heterocycles. The van der Waals surface area contributed by atoms with Gasteiger partial charge in [-0.1, -0.05) is 30.7 Å². The predicted octanol–water partition coefficient (Wildman–Crippen LogP) is 3.23. The third kappa shape index (κ3) is 2.02. The molecule has 92 valence electrons. The van der Waals surface area contributed by atoms with E-state index in [0.717, 1.165) is 6.42 Å². The maximum Gasteiger partial charge on any atom is 0.407 e. The van der Waals surface area contributed by atoms with E-state index >= 15 is 0 Å². The van der Waals surface area contributed by atoms with E-state index in [1.54, 1.807) is 4.90 Å². The SMILES string of the molecule is CCN(C(=O)O)[C@H]1c2cc(C)ccc2C[C@@H]1C. The van der Waals surface area contributed by atoms with Gasteiger partial charge in [0, 0.05) is 6.54 Å². The van der Waals surface area contributed by atoms with Crippen LogP contribution < -0.4 is 0 Å². The van der Waals surface area contributed by atoms with E-state index < -0.39 is 6.09 Å². The van der Waals surface area contributed by atoms with E-state index in [-0.39, 0.29) is 6.04 Å². The van der Waals surface area contributed by atoms with Gasteiger partial charge in [-0.2, -0.15) is 0 Å². The van der Waals surface area contributed by atoms with E-state index in [0.29, 0.717) is 12.5 Å². The highest BCUT2D eigenvalue weighted by Gasteiger charge is 2.35. The van der Waals surface area contributed by atoms with Crippen molar-refractivity contribution >= 4 is 6.09 Å². The number of rotatable bonds is 2. The molecule has 1 amide bonds. The third-order valence-corrected chi connectivity index (χ3v) is 3.62. The average molecular weight is 233 g/mol. The number of carboxylic acid groups (broad SMARTS) is 1. The van der Waals surface area contributed by atoms with Crippen molar-refractivity contribution in [3.63, 3.8) is 0 Å². The maximum absolute atomic E-state index is 11.3. The van der Waals surface area contributed by atoms with Gasteiger partial charge in [-0.3, -0.25) is 0 Å². The standard InChI is InChI=1S/C14H19NO2/c1-4-15(14(16)17)13-10(3)8-11-6-5-9(2)7-12(11)13/h5-7,10,13H,4,8H2,1-3H3,(H,16,17)/t10-,13+/m0/s1. The number of hydrogen-bond acceptors (Lipinski definition) is 1. The lowest BCUT2D eigenvalue weighted by Gasteiger charge is -2.29. The first-order valence-corrected chi connectivity index (χ1v) is 6.13. The van der Waals surface area contributed by atoms with Crippen LogP contribution in [0.25, 0.3) is 0 Å². The molecule has 0 fully saturated rings. The van der Waals surface area contributed by atoms with Crippen molar-refractivity contribution in [3.05, 3.63) is 34.9 Å². The highest BCUT2D eigenvalue weighted by atomic mass is 16.4. The molecule has 0 saturated carbocycles. The van der Waals surface area contributed by atoms with E-state index in [1.165, 1.54) is 16.7 Å². The van der Waals surface area contributed by atoms with Gasteiger partial charge in [0.1, 0.15) is 0 Å². The Bertz CT molecular complexity index is 442. The molecule has 1 aromatic rings. The van der Waals surface area contributed by atoms with Crippen molar-refractivity contribution in [2.75, 3.05) is 6.54 Å². The van der Waals surface area contributed by atoms with E-state index in [4.69, 9.17) is 0 Å². The second-order valence-corrected chi connectivity index (χ2v) is 4.90. The van der Waals surface area contributed by atoms with Crippen LogP contribution in [0.1, 0.15) is 36.6 Å². The molecule has 0 saturated heterocycles. The van der Waals surface area contributed by atoms with Crippen molar-refractivity contribution in [3.8, 4) is 0 Å². The molecule has 1 aliphatic carbocycles. The number of fused-ring (bicyclic) bond motifs is 1. The highest BCUT2D eigenvalue weighted by Crippen LogP contribution is 2.40. The smallest absolute Gasteiger partial charge is 0.407 e. The van der Waals surface area contributed by atoms with Crippen molar-refractivity contribution in [1.29, 1.82) is 0 Å². The van der Waals surface area contributed by atoms with Crippen molar-refractivity contribution in [1.82, 2.24) is 4.90 Å². The van der Waals surface area contributed by atoms with Gasteiger partial charge in [0.25, 0.3) is 0 Å². The lowest BCUT2D eigenvalue weighted by atomic mass is 10.0. The van der Waals surface area contributed by atoms with E-state index in [9.17, 15) is 9.90 Å². The Morgan fingerprint density at radius 3 is 2.82 bits per heavy atom. The Morgan fingerprint density at radius 2 is 2.24 bits per heavy atom. The number of aryl methyl sites for hydroxylation is 1. The van der Waals surface area contributed by atoms with Crippen LogP contribution in [0.4, 0.5) is 4.79 Å². The second kappa shape index (κ2) is 4.40. The van der Waals surface area contributed by atoms with Crippen LogP contribution in [0, 0.1) is 12.8 Å². The topological polar surface area (TPSA) is 40.5 Å². The molecule has 17 heavy (non-hydrogen) atoms. The van der Waals surface area contributed by atoms with Crippen LogP contribution >= 0.6 is 0 Å². The molecule has 0 aliphatic heterocycles. The zero-order chi connectivity index (χ0) is 12.6. The van der Waals surface area contributed by atoms with Gasteiger partial charge in [0.15, 0.2) is 0 Å². The molecule has 0 spiro atoms. The Hall–Kier alpha value is -1.51. The molecule has 0 radical (unpaired) electrons. The summed E-state index contributed by atoms with van der Waals surface area (Å²) in [7, 11) is 0. The van der Waals surface area contributed by atoms with Crippen LogP contribution in [-0.2, 0) is 6.42 Å². The minimum atomic E-state index is -0.821. The normalized spacial score (nSPS) is 22.3. The Labute approximate surface area is 102 Å². The summed E-state index contributed by atoms with van der Waals surface area (Å²) in [5.41, 5.74) is 3.69. The summed E-state index contributed by atoms with van der Waals surface area (Å²) in [5, 5.41) is 9.27. The number of amides is 1. The molecule has 0 unspecified atom stereocenters. The van der Waals surface area contributed by atoms with Crippen LogP contribution in [0.2, 0.25) is 0 Å². The first-order chi connectivity index (χ1) is 8.04. The first kappa shape index (κ1) is 12.0. The Kier molecular flexibility index (Phi) is 3.09. The lowest BCUT2D eigenvalue weighted by molar-refractivity contribution is 0.115. The summed E-state index contributed by atoms with van der Waals surface area (Å²) in [6.45, 7) is 6.62. The summed E-state index contributed by atoms with van der Waals surface area (Å²) in [6, 6.07) is 6.39. The quantitative estimate of drug-likeness (QED) is 0.852. The van der Waals surface area contributed by atoms with Crippen molar-refractivity contribution in [2.45, 2.75) is 33.2 Å². The molecular weight excluding hydrogens is 214 g/mol. The molecule has 3 heteroatoms. The van der Waals surface area contributed by atoms with Gasteiger partial charge < -0.3 is 10.0 Å². The summed E-state index contributed by atoms with van der Waals surface area (Å²) in [4.78, 5) is 12.8. The first-order valence-electron chi connectivity index (χ1n) is 6.13. The van der Waals surface area contributed by atoms with Crippen LogP contribution in [0.3, 0.4) is 0 Å². The molecule has 2 rings (SSSR count). The monoisotopic (exact) mass is 233 g/mol. The highest BCUT2D eigenvalue weighted by molar-refractivity contribution is 5.66. The number of nitrogens with zero attached hydrogens (tertiary/aromatic N) is 1. The van der Waals surface area contributed by atoms with Gasteiger partial charge in [0.2, 0.25) is 0 Å². The second-order valence-electron chi connectivity index (χ2n) is 4.90. The fraction of sp³-hybridized carbons (Fsp3) is 0.500. The van der Waals surface area contributed by atoms with E-state index in [2.05, 4.69) is 32.0 Å². The zero-order valence-corrected chi connectivity index (χ0v) is 10.6. The summed E-state index contributed by atoms with van der Waals surface area (Å²) in [5.74, 6) is 0.364. The van der Waals surface area contributed by atoms with Gasteiger partial charge >= 0.3 is 6.09 Å². The molecule has 2 atom stereocenters.